The molecular formula is C13H24N2O2. The largest absolute Gasteiger partial charge is 0.465 e. The first-order chi connectivity index (χ1) is 8.29. The number of hydrogen-bond donors (Lipinski definition) is 1. The fraction of sp³-hybridized carbons (Fsp3) is 0.923. The quantitative estimate of drug-likeness (QED) is 0.704. The van der Waals surface area contributed by atoms with E-state index < -0.39 is 0 Å². The molecule has 0 spiro atoms. The lowest BCUT2D eigenvalue weighted by Crippen LogP contribution is -2.41. The molecule has 1 heterocycles. The first-order valence-electron chi connectivity index (χ1n) is 6.90. The van der Waals surface area contributed by atoms with Crippen LogP contribution in [0.5, 0.6) is 0 Å². The van der Waals surface area contributed by atoms with Gasteiger partial charge in [-0.3, -0.25) is 9.69 Å². The van der Waals surface area contributed by atoms with Gasteiger partial charge >= 0.3 is 5.97 Å². The van der Waals surface area contributed by atoms with Crippen LogP contribution in [0, 0.1) is 5.92 Å². The number of nitrogens with zero attached hydrogens (tertiary/aromatic N) is 1. The molecule has 0 bridgehead atoms. The molecular weight excluding hydrogens is 216 g/mol. The maximum Gasteiger partial charge on any atom is 0.320 e. The molecule has 0 aromatic heterocycles. The summed E-state index contributed by atoms with van der Waals surface area (Å²) in [6.45, 7) is 6.14. The summed E-state index contributed by atoms with van der Waals surface area (Å²) in [6.07, 6.45) is 5.06. The van der Waals surface area contributed by atoms with Gasteiger partial charge in [0.2, 0.25) is 0 Å². The molecule has 2 fully saturated rings. The number of rotatable bonds is 6. The van der Waals surface area contributed by atoms with Gasteiger partial charge in [0.1, 0.15) is 0 Å². The highest BCUT2D eigenvalue weighted by molar-refractivity contribution is 5.71. The van der Waals surface area contributed by atoms with E-state index in [1.807, 2.05) is 6.92 Å². The van der Waals surface area contributed by atoms with Gasteiger partial charge in [0.05, 0.1) is 13.2 Å². The average molecular weight is 240 g/mol. The monoisotopic (exact) mass is 240 g/mol. The van der Waals surface area contributed by atoms with Crippen LogP contribution in [0.2, 0.25) is 0 Å². The van der Waals surface area contributed by atoms with Gasteiger partial charge in [0.25, 0.3) is 0 Å². The number of carbonyl (C=O) groups is 1. The molecule has 1 atom stereocenters. The number of hydrogen-bond acceptors (Lipinski definition) is 4. The molecule has 17 heavy (non-hydrogen) atoms. The first kappa shape index (κ1) is 12.8. The van der Waals surface area contributed by atoms with E-state index in [1.54, 1.807) is 0 Å². The van der Waals surface area contributed by atoms with Crippen LogP contribution in [-0.2, 0) is 9.53 Å². The molecule has 1 N–H and O–H groups in total. The lowest BCUT2D eigenvalue weighted by molar-refractivity contribution is -0.144. The summed E-state index contributed by atoms with van der Waals surface area (Å²) in [7, 11) is 0. The summed E-state index contributed by atoms with van der Waals surface area (Å²) in [4.78, 5) is 13.9. The topological polar surface area (TPSA) is 41.6 Å². The first-order valence-corrected chi connectivity index (χ1v) is 6.90. The van der Waals surface area contributed by atoms with Crippen LogP contribution in [0.15, 0.2) is 0 Å². The van der Waals surface area contributed by atoms with E-state index in [0.29, 0.717) is 25.1 Å². The van der Waals surface area contributed by atoms with Crippen molar-refractivity contribution in [3.63, 3.8) is 0 Å². The predicted octanol–water partition coefficient (Wildman–Crippen LogP) is 1.01. The second-order valence-electron chi connectivity index (χ2n) is 5.18. The molecule has 4 nitrogen and oxygen atoms in total. The third kappa shape index (κ3) is 4.28. The predicted molar refractivity (Wildman–Crippen MR) is 66.8 cm³/mol. The highest BCUT2D eigenvalue weighted by Crippen LogP contribution is 2.28. The zero-order chi connectivity index (χ0) is 12.1. The van der Waals surface area contributed by atoms with Crippen LogP contribution in [0.3, 0.4) is 0 Å². The van der Waals surface area contributed by atoms with Crippen LogP contribution in [0.25, 0.3) is 0 Å². The minimum absolute atomic E-state index is 0.0665. The van der Waals surface area contributed by atoms with Crippen LogP contribution < -0.4 is 5.32 Å². The van der Waals surface area contributed by atoms with Gasteiger partial charge in [-0.1, -0.05) is 0 Å². The molecule has 2 rings (SSSR count). The minimum atomic E-state index is -0.0665. The standard InChI is InChI=1S/C13H24N2O2/c1-2-17-13(16)10-15(12-5-6-12)9-11-4-3-7-14-8-11/h11-12,14H,2-10H2,1H3. The zero-order valence-electron chi connectivity index (χ0n) is 10.8. The Morgan fingerprint density at radius 2 is 2.24 bits per heavy atom. The van der Waals surface area contributed by atoms with E-state index in [2.05, 4.69) is 10.2 Å². The molecule has 2 aliphatic rings. The molecule has 1 aliphatic heterocycles. The lowest BCUT2D eigenvalue weighted by Gasteiger charge is -2.29. The Bertz CT molecular complexity index is 248. The summed E-state index contributed by atoms with van der Waals surface area (Å²) in [5, 5.41) is 3.44. The minimum Gasteiger partial charge on any atom is -0.465 e. The molecule has 98 valence electrons. The summed E-state index contributed by atoms with van der Waals surface area (Å²) < 4.78 is 5.04. The van der Waals surface area contributed by atoms with E-state index in [4.69, 9.17) is 4.74 Å². The number of piperidine rings is 1. The van der Waals surface area contributed by atoms with Gasteiger partial charge in [-0.05, 0) is 51.6 Å². The van der Waals surface area contributed by atoms with Gasteiger partial charge < -0.3 is 10.1 Å². The van der Waals surface area contributed by atoms with Crippen molar-refractivity contribution in [1.29, 1.82) is 0 Å². The highest BCUT2D eigenvalue weighted by atomic mass is 16.5. The normalized spacial score (nSPS) is 24.9. The van der Waals surface area contributed by atoms with Crippen molar-refractivity contribution in [2.45, 2.75) is 38.6 Å². The third-order valence-corrected chi connectivity index (χ3v) is 3.59. The smallest absolute Gasteiger partial charge is 0.320 e. The van der Waals surface area contributed by atoms with Gasteiger partial charge in [0, 0.05) is 12.6 Å². The zero-order valence-corrected chi connectivity index (χ0v) is 10.8. The Balaban J connectivity index is 1.77. The number of carbonyl (C=O) groups excluding carboxylic acids is 1. The fourth-order valence-electron chi connectivity index (χ4n) is 2.57. The van der Waals surface area contributed by atoms with E-state index in [-0.39, 0.29) is 5.97 Å². The average Bonchev–Trinajstić information content (AvgIpc) is 3.14. The Morgan fingerprint density at radius 1 is 1.41 bits per heavy atom. The van der Waals surface area contributed by atoms with Gasteiger partial charge in [0.15, 0.2) is 0 Å². The lowest BCUT2D eigenvalue weighted by atomic mass is 9.99. The molecule has 4 heteroatoms. The van der Waals surface area contributed by atoms with Crippen molar-refractivity contribution in [2.75, 3.05) is 32.8 Å². The SMILES string of the molecule is CCOC(=O)CN(CC1CCCNC1)C1CC1. The number of esters is 1. The Hall–Kier alpha value is -0.610. The summed E-state index contributed by atoms with van der Waals surface area (Å²) in [6, 6.07) is 0.640. The van der Waals surface area contributed by atoms with Crippen molar-refractivity contribution in [1.82, 2.24) is 10.2 Å². The second-order valence-corrected chi connectivity index (χ2v) is 5.18. The van der Waals surface area contributed by atoms with Crippen LogP contribution in [0.4, 0.5) is 0 Å². The van der Waals surface area contributed by atoms with Crippen molar-refractivity contribution in [2.24, 2.45) is 5.92 Å². The van der Waals surface area contributed by atoms with Crippen molar-refractivity contribution in [3.8, 4) is 0 Å². The summed E-state index contributed by atoms with van der Waals surface area (Å²) in [5.41, 5.74) is 0. The summed E-state index contributed by atoms with van der Waals surface area (Å²) >= 11 is 0. The molecule has 1 saturated carbocycles. The Labute approximate surface area is 104 Å². The molecule has 0 aromatic rings. The highest BCUT2D eigenvalue weighted by Gasteiger charge is 2.32. The van der Waals surface area contributed by atoms with Crippen molar-refractivity contribution < 1.29 is 9.53 Å². The van der Waals surface area contributed by atoms with E-state index in [1.165, 1.54) is 25.7 Å². The Morgan fingerprint density at radius 3 is 2.82 bits per heavy atom. The van der Waals surface area contributed by atoms with Crippen LogP contribution in [-0.4, -0.2) is 49.7 Å². The number of ether oxygens (including phenoxy) is 1. The fourth-order valence-corrected chi connectivity index (χ4v) is 2.57. The van der Waals surface area contributed by atoms with Crippen molar-refractivity contribution in [3.05, 3.63) is 0 Å². The van der Waals surface area contributed by atoms with E-state index in [9.17, 15) is 4.79 Å². The molecule has 0 radical (unpaired) electrons. The summed E-state index contributed by atoms with van der Waals surface area (Å²) in [5.74, 6) is 0.641. The van der Waals surface area contributed by atoms with E-state index in [0.717, 1.165) is 19.6 Å². The molecule has 1 unspecified atom stereocenters. The Kier molecular flexibility index (Phi) is 4.80. The molecule has 1 aliphatic carbocycles. The van der Waals surface area contributed by atoms with Crippen LogP contribution >= 0.6 is 0 Å². The van der Waals surface area contributed by atoms with Crippen LogP contribution in [0.1, 0.15) is 32.6 Å². The second kappa shape index (κ2) is 6.36. The van der Waals surface area contributed by atoms with Crippen molar-refractivity contribution >= 4 is 5.97 Å². The molecule has 1 saturated heterocycles. The maximum absolute atomic E-state index is 11.5. The van der Waals surface area contributed by atoms with Gasteiger partial charge in [-0.15, -0.1) is 0 Å². The third-order valence-electron chi connectivity index (χ3n) is 3.59. The van der Waals surface area contributed by atoms with E-state index >= 15 is 0 Å². The molecule has 0 aromatic carbocycles. The maximum atomic E-state index is 11.5. The van der Waals surface area contributed by atoms with Gasteiger partial charge in [-0.25, -0.2) is 0 Å². The number of nitrogens with one attached hydrogen (secondary N) is 1. The van der Waals surface area contributed by atoms with Gasteiger partial charge in [-0.2, -0.15) is 0 Å². The molecule has 0 amide bonds.